The molecule has 0 saturated heterocycles. The predicted molar refractivity (Wildman–Crippen MR) is 82.9 cm³/mol. The van der Waals surface area contributed by atoms with Gasteiger partial charge in [-0.25, -0.2) is 0 Å². The van der Waals surface area contributed by atoms with Crippen molar-refractivity contribution in [2.45, 2.75) is 4.90 Å². The molecule has 2 rings (SSSR count). The van der Waals surface area contributed by atoms with E-state index in [0.29, 0.717) is 21.2 Å². The minimum Gasteiger partial charge on any atom is -0.322 e. The monoisotopic (exact) mass is 318 g/mol. The second-order valence-corrected chi connectivity index (χ2v) is 5.97. The molecule has 1 N–H and O–H groups in total. The highest BCUT2D eigenvalue weighted by atomic mass is 35.5. The lowest BCUT2D eigenvalue weighted by Gasteiger charge is -2.08. The Morgan fingerprint density at radius 1 is 1.29 bits per heavy atom. The molecular weight excluding hydrogens is 308 g/mol. The molecule has 6 heteroatoms. The molecule has 0 aromatic heterocycles. The van der Waals surface area contributed by atoms with Crippen LogP contribution in [0.2, 0.25) is 5.02 Å². The Morgan fingerprint density at radius 2 is 2.00 bits per heavy atom. The number of nitrogens with zero attached hydrogens (tertiary/aromatic N) is 1. The zero-order valence-electron chi connectivity index (χ0n) is 11.1. The summed E-state index contributed by atoms with van der Waals surface area (Å²) in [6.07, 6.45) is 1.50. The Kier molecular flexibility index (Phi) is 4.73. The number of hydrogen-bond acceptors (Lipinski definition) is 3. The molecule has 0 heterocycles. The van der Waals surface area contributed by atoms with Crippen LogP contribution < -0.4 is 5.32 Å². The largest absolute Gasteiger partial charge is 0.322 e. The fraction of sp³-hybridized carbons (Fsp3) is 0.0667. The lowest BCUT2D eigenvalue weighted by atomic mass is 10.2. The van der Waals surface area contributed by atoms with Gasteiger partial charge >= 0.3 is 0 Å². The summed E-state index contributed by atoms with van der Waals surface area (Å²) in [4.78, 5) is 12.6. The van der Waals surface area contributed by atoms with Gasteiger partial charge in [-0.1, -0.05) is 23.7 Å². The van der Waals surface area contributed by atoms with Gasteiger partial charge in [-0.15, -0.1) is 0 Å². The van der Waals surface area contributed by atoms with Gasteiger partial charge in [0.2, 0.25) is 0 Å². The molecule has 106 valence electrons. The second-order valence-electron chi connectivity index (χ2n) is 4.21. The third kappa shape index (κ3) is 3.48. The van der Waals surface area contributed by atoms with Crippen molar-refractivity contribution in [2.75, 3.05) is 11.6 Å². The van der Waals surface area contributed by atoms with Crippen LogP contribution in [0.3, 0.4) is 0 Å². The summed E-state index contributed by atoms with van der Waals surface area (Å²) < 4.78 is 11.5. The van der Waals surface area contributed by atoms with E-state index in [0.717, 1.165) is 0 Å². The molecule has 0 aliphatic carbocycles. The third-order valence-electron chi connectivity index (χ3n) is 2.79. The average molecular weight is 319 g/mol. The molecule has 0 spiro atoms. The van der Waals surface area contributed by atoms with Crippen molar-refractivity contribution < 1.29 is 9.00 Å². The molecule has 0 fully saturated rings. The average Bonchev–Trinajstić information content (AvgIpc) is 2.47. The number of halogens is 1. The van der Waals surface area contributed by atoms with E-state index >= 15 is 0 Å². The summed E-state index contributed by atoms with van der Waals surface area (Å²) in [6, 6.07) is 13.3. The molecule has 2 aromatic rings. The summed E-state index contributed by atoms with van der Waals surface area (Å²) in [6.45, 7) is 0. The minimum atomic E-state index is -1.26. The van der Waals surface area contributed by atoms with Crippen LogP contribution in [0.25, 0.3) is 0 Å². The Balaban J connectivity index is 2.29. The van der Waals surface area contributed by atoms with Gasteiger partial charge in [0.1, 0.15) is 6.07 Å². The normalized spacial score (nSPS) is 11.5. The predicted octanol–water partition coefficient (Wildman–Crippen LogP) is 3.20. The first kappa shape index (κ1) is 15.2. The number of anilines is 1. The van der Waals surface area contributed by atoms with Crippen molar-refractivity contribution in [1.29, 1.82) is 5.26 Å². The van der Waals surface area contributed by atoms with E-state index < -0.39 is 10.8 Å². The maximum atomic E-state index is 12.1. The summed E-state index contributed by atoms with van der Waals surface area (Å²) in [7, 11) is -1.26. The first-order chi connectivity index (χ1) is 10.0. The quantitative estimate of drug-likeness (QED) is 0.944. The SMILES string of the molecule is C[S@](=O)c1ccc(NC(=O)c2ccccc2Cl)cc1C#N. The molecule has 0 unspecified atom stereocenters. The molecule has 0 bridgehead atoms. The molecule has 1 amide bonds. The van der Waals surface area contributed by atoms with Gasteiger partial charge in [-0.05, 0) is 30.3 Å². The second kappa shape index (κ2) is 6.53. The Labute approximate surface area is 129 Å². The van der Waals surface area contributed by atoms with Crippen LogP contribution in [-0.4, -0.2) is 16.4 Å². The number of nitrogens with one attached hydrogen (secondary N) is 1. The van der Waals surface area contributed by atoms with E-state index in [9.17, 15) is 9.00 Å². The molecule has 2 aromatic carbocycles. The zero-order chi connectivity index (χ0) is 15.4. The fourth-order valence-electron chi connectivity index (χ4n) is 1.79. The zero-order valence-corrected chi connectivity index (χ0v) is 12.7. The first-order valence-corrected chi connectivity index (χ1v) is 7.90. The smallest absolute Gasteiger partial charge is 0.257 e. The highest BCUT2D eigenvalue weighted by Crippen LogP contribution is 2.20. The topological polar surface area (TPSA) is 70.0 Å². The maximum Gasteiger partial charge on any atom is 0.257 e. The third-order valence-corrected chi connectivity index (χ3v) is 4.09. The van der Waals surface area contributed by atoms with Crippen LogP contribution in [0.1, 0.15) is 15.9 Å². The number of benzene rings is 2. The van der Waals surface area contributed by atoms with E-state index in [1.807, 2.05) is 6.07 Å². The van der Waals surface area contributed by atoms with Crippen LogP contribution in [0.15, 0.2) is 47.4 Å². The Hall–Kier alpha value is -2.16. The number of hydrogen-bond donors (Lipinski definition) is 1. The van der Waals surface area contributed by atoms with E-state index in [2.05, 4.69) is 5.32 Å². The molecule has 0 radical (unpaired) electrons. The van der Waals surface area contributed by atoms with Gasteiger partial charge in [0.05, 0.1) is 31.8 Å². The standard InChI is InChI=1S/C15H11ClN2O2S/c1-21(20)14-7-6-11(8-10(14)9-17)18-15(19)12-4-2-3-5-13(12)16/h2-8H,1H3,(H,18,19)/t21-/m0/s1. The molecule has 4 nitrogen and oxygen atoms in total. The van der Waals surface area contributed by atoms with Gasteiger partial charge in [-0.3, -0.25) is 9.00 Å². The van der Waals surface area contributed by atoms with Crippen molar-refractivity contribution in [2.24, 2.45) is 0 Å². The van der Waals surface area contributed by atoms with Gasteiger partial charge < -0.3 is 5.32 Å². The lowest BCUT2D eigenvalue weighted by molar-refractivity contribution is 0.102. The van der Waals surface area contributed by atoms with Crippen LogP contribution in [0, 0.1) is 11.3 Å². The number of amides is 1. The van der Waals surface area contributed by atoms with Crippen molar-refractivity contribution >= 4 is 34.0 Å². The van der Waals surface area contributed by atoms with E-state index in [1.54, 1.807) is 36.4 Å². The first-order valence-electron chi connectivity index (χ1n) is 5.96. The summed E-state index contributed by atoms with van der Waals surface area (Å²) in [5, 5.41) is 12.1. The summed E-state index contributed by atoms with van der Waals surface area (Å²) in [5.74, 6) is -0.366. The van der Waals surface area contributed by atoms with Crippen molar-refractivity contribution in [3.63, 3.8) is 0 Å². The van der Waals surface area contributed by atoms with Crippen molar-refractivity contribution in [3.05, 3.63) is 58.6 Å². The molecule has 21 heavy (non-hydrogen) atoms. The Morgan fingerprint density at radius 3 is 2.62 bits per heavy atom. The molecule has 0 aliphatic heterocycles. The number of carbonyl (C=O) groups is 1. The molecular formula is C15H11ClN2O2S. The van der Waals surface area contributed by atoms with Gasteiger partial charge in [0, 0.05) is 11.9 Å². The maximum absolute atomic E-state index is 12.1. The van der Waals surface area contributed by atoms with E-state index in [4.69, 9.17) is 16.9 Å². The fourth-order valence-corrected chi connectivity index (χ4v) is 2.69. The molecule has 1 atom stereocenters. The number of carbonyl (C=O) groups excluding carboxylic acids is 1. The van der Waals surface area contributed by atoms with Crippen molar-refractivity contribution in [1.82, 2.24) is 0 Å². The van der Waals surface area contributed by atoms with Gasteiger partial charge in [-0.2, -0.15) is 5.26 Å². The van der Waals surface area contributed by atoms with E-state index in [-0.39, 0.29) is 11.5 Å². The number of nitriles is 1. The molecule has 0 aliphatic rings. The summed E-state index contributed by atoms with van der Waals surface area (Å²) in [5.41, 5.74) is 1.07. The van der Waals surface area contributed by atoms with Crippen LogP contribution in [-0.2, 0) is 10.8 Å². The lowest BCUT2D eigenvalue weighted by Crippen LogP contribution is -2.12. The Bertz CT molecular complexity index is 769. The van der Waals surface area contributed by atoms with Crippen LogP contribution in [0.4, 0.5) is 5.69 Å². The number of rotatable bonds is 3. The molecule has 0 saturated carbocycles. The highest BCUT2D eigenvalue weighted by molar-refractivity contribution is 7.84. The van der Waals surface area contributed by atoms with E-state index in [1.165, 1.54) is 12.3 Å². The van der Waals surface area contributed by atoms with Gasteiger partial charge in [0.25, 0.3) is 5.91 Å². The highest BCUT2D eigenvalue weighted by Gasteiger charge is 2.12. The van der Waals surface area contributed by atoms with Crippen LogP contribution in [0.5, 0.6) is 0 Å². The summed E-state index contributed by atoms with van der Waals surface area (Å²) >= 11 is 5.96. The minimum absolute atomic E-state index is 0.271. The van der Waals surface area contributed by atoms with Crippen molar-refractivity contribution in [3.8, 4) is 6.07 Å². The van der Waals surface area contributed by atoms with Gasteiger partial charge in [0.15, 0.2) is 0 Å². The van der Waals surface area contributed by atoms with Crippen LogP contribution >= 0.6 is 11.6 Å².